The molecule has 28 heavy (non-hydrogen) atoms. The quantitative estimate of drug-likeness (QED) is 0.697. The van der Waals surface area contributed by atoms with Crippen LogP contribution in [-0.2, 0) is 16.6 Å². The van der Waals surface area contributed by atoms with Crippen LogP contribution >= 0.6 is 0 Å². The van der Waals surface area contributed by atoms with E-state index in [-0.39, 0.29) is 4.90 Å². The van der Waals surface area contributed by atoms with Crippen LogP contribution in [0.5, 0.6) is 0 Å². The largest absolute Gasteiger partial charge is 0.328 e. The topological polar surface area (TPSA) is 80.5 Å². The first-order chi connectivity index (χ1) is 13.5. The number of carbonyl (C=O) groups is 1. The summed E-state index contributed by atoms with van der Waals surface area (Å²) in [4.78, 5) is 16.9. The Balaban J connectivity index is 1.87. The summed E-state index contributed by atoms with van der Waals surface area (Å²) in [7, 11) is -3.55. The molecule has 1 N–H and O–H groups in total. The summed E-state index contributed by atoms with van der Waals surface area (Å²) in [5.74, 6) is -0.430. The van der Waals surface area contributed by atoms with Crippen molar-refractivity contribution in [3.8, 4) is 0 Å². The Morgan fingerprint density at radius 2 is 1.64 bits per heavy atom. The van der Waals surface area contributed by atoms with E-state index in [1.165, 1.54) is 24.3 Å². The van der Waals surface area contributed by atoms with E-state index in [9.17, 15) is 13.2 Å². The van der Waals surface area contributed by atoms with Crippen molar-refractivity contribution in [2.75, 3.05) is 6.54 Å². The number of hydrogen-bond donors (Lipinski definition) is 1. The van der Waals surface area contributed by atoms with Crippen molar-refractivity contribution >= 4 is 15.9 Å². The third kappa shape index (κ3) is 4.82. The third-order valence-corrected chi connectivity index (χ3v) is 5.64. The molecule has 6 nitrogen and oxygen atoms in total. The van der Waals surface area contributed by atoms with Gasteiger partial charge in [0.05, 0.1) is 4.90 Å². The van der Waals surface area contributed by atoms with Crippen LogP contribution < -0.4 is 10.2 Å². The second kappa shape index (κ2) is 8.77. The van der Waals surface area contributed by atoms with Gasteiger partial charge in [0.1, 0.15) is 5.49 Å². The van der Waals surface area contributed by atoms with Crippen LogP contribution in [0.1, 0.15) is 22.8 Å². The molecule has 0 radical (unpaired) electrons. The molecular formula is C21H21N3O3S. The van der Waals surface area contributed by atoms with Crippen LogP contribution in [0, 0.1) is 0 Å². The van der Waals surface area contributed by atoms with Gasteiger partial charge in [-0.05, 0) is 42.0 Å². The molecule has 0 aliphatic carbocycles. The Morgan fingerprint density at radius 3 is 2.32 bits per heavy atom. The zero-order chi connectivity index (χ0) is 20.0. The van der Waals surface area contributed by atoms with E-state index >= 15 is 0 Å². The summed E-state index contributed by atoms with van der Waals surface area (Å²) >= 11 is 0. The molecule has 3 rings (SSSR count). The minimum atomic E-state index is -3.55. The number of nitrogens with one attached hydrogen (secondary N) is 1. The highest BCUT2D eigenvalue weighted by atomic mass is 32.2. The molecule has 0 saturated heterocycles. The van der Waals surface area contributed by atoms with Crippen LogP contribution in [-0.4, -0.2) is 25.4 Å². The van der Waals surface area contributed by atoms with Gasteiger partial charge in [0.15, 0.2) is 0 Å². The Kier molecular flexibility index (Phi) is 6.18. The molecule has 0 fully saturated rings. The fraction of sp³-hybridized carbons (Fsp3) is 0.143. The van der Waals surface area contributed by atoms with Gasteiger partial charge in [0.2, 0.25) is 10.0 Å². The Morgan fingerprint density at radius 1 is 0.964 bits per heavy atom. The van der Waals surface area contributed by atoms with Crippen LogP contribution in [0.2, 0.25) is 0 Å². The smallest absolute Gasteiger partial charge is 0.278 e. The molecule has 0 atom stereocenters. The van der Waals surface area contributed by atoms with Crippen molar-refractivity contribution < 1.29 is 13.2 Å². The van der Waals surface area contributed by atoms with Crippen LogP contribution in [0.3, 0.4) is 0 Å². The average Bonchev–Trinajstić information content (AvgIpc) is 2.70. The van der Waals surface area contributed by atoms with Gasteiger partial charge in [-0.2, -0.15) is 4.99 Å². The van der Waals surface area contributed by atoms with Gasteiger partial charge in [-0.3, -0.25) is 4.79 Å². The van der Waals surface area contributed by atoms with Crippen molar-refractivity contribution in [2.24, 2.45) is 4.99 Å². The zero-order valence-corrected chi connectivity index (χ0v) is 16.3. The van der Waals surface area contributed by atoms with Crippen LogP contribution in [0.4, 0.5) is 0 Å². The standard InChI is InChI=1S/C21H21N3O3S/c1-2-22-28(26,27)19-13-11-18(12-14-19)21(25)23-20-10-6-7-15-24(20)16-17-8-4-3-5-9-17/h3-15,22H,2,16H2,1H3. The van der Waals surface area contributed by atoms with Crippen molar-refractivity contribution in [1.82, 2.24) is 9.29 Å². The molecule has 0 aliphatic heterocycles. The summed E-state index contributed by atoms with van der Waals surface area (Å²) in [6.07, 6.45) is 1.87. The van der Waals surface area contributed by atoms with E-state index < -0.39 is 15.9 Å². The van der Waals surface area contributed by atoms with Gasteiger partial charge >= 0.3 is 0 Å². The second-order valence-electron chi connectivity index (χ2n) is 6.11. The normalized spacial score (nSPS) is 12.1. The fourth-order valence-corrected chi connectivity index (χ4v) is 3.74. The lowest BCUT2D eigenvalue weighted by atomic mass is 10.2. The van der Waals surface area contributed by atoms with E-state index in [1.54, 1.807) is 13.0 Å². The molecule has 1 aromatic heterocycles. The first-order valence-corrected chi connectivity index (χ1v) is 10.4. The van der Waals surface area contributed by atoms with E-state index in [2.05, 4.69) is 9.71 Å². The maximum absolute atomic E-state index is 12.6. The summed E-state index contributed by atoms with van der Waals surface area (Å²) in [6.45, 7) is 2.60. The second-order valence-corrected chi connectivity index (χ2v) is 7.88. The first-order valence-electron chi connectivity index (χ1n) is 8.88. The van der Waals surface area contributed by atoms with E-state index in [1.807, 2.05) is 53.2 Å². The maximum Gasteiger partial charge on any atom is 0.278 e. The molecule has 1 heterocycles. The molecule has 7 heteroatoms. The van der Waals surface area contributed by atoms with E-state index in [0.29, 0.717) is 24.1 Å². The third-order valence-electron chi connectivity index (χ3n) is 4.07. The Bertz CT molecular complexity index is 1120. The molecule has 3 aromatic rings. The number of carbonyl (C=O) groups excluding carboxylic acids is 1. The van der Waals surface area contributed by atoms with Crippen LogP contribution in [0.25, 0.3) is 0 Å². The molecule has 0 aliphatic rings. The Labute approximate surface area is 164 Å². The number of hydrogen-bond acceptors (Lipinski definition) is 3. The summed E-state index contributed by atoms with van der Waals surface area (Å²) < 4.78 is 28.3. The molecule has 2 aromatic carbocycles. The molecule has 0 spiro atoms. The minimum Gasteiger partial charge on any atom is -0.328 e. The summed E-state index contributed by atoms with van der Waals surface area (Å²) in [6, 6.07) is 21.1. The number of aromatic nitrogens is 1. The first kappa shape index (κ1) is 19.7. The van der Waals surface area contributed by atoms with Gasteiger partial charge in [0.25, 0.3) is 5.91 Å². The molecule has 0 unspecified atom stereocenters. The van der Waals surface area contributed by atoms with Gasteiger partial charge < -0.3 is 4.57 Å². The highest BCUT2D eigenvalue weighted by molar-refractivity contribution is 7.89. The number of nitrogens with zero attached hydrogens (tertiary/aromatic N) is 2. The zero-order valence-electron chi connectivity index (χ0n) is 15.4. The van der Waals surface area contributed by atoms with Crippen molar-refractivity contribution in [1.29, 1.82) is 0 Å². The van der Waals surface area contributed by atoms with E-state index in [0.717, 1.165) is 5.56 Å². The molecule has 0 saturated carbocycles. The van der Waals surface area contributed by atoms with Gasteiger partial charge in [0, 0.05) is 24.8 Å². The molecule has 0 bridgehead atoms. The molecule has 144 valence electrons. The average molecular weight is 395 g/mol. The van der Waals surface area contributed by atoms with Crippen LogP contribution in [0.15, 0.2) is 88.9 Å². The van der Waals surface area contributed by atoms with Crippen molar-refractivity contribution in [3.05, 3.63) is 95.6 Å². The molecular weight excluding hydrogens is 374 g/mol. The minimum absolute atomic E-state index is 0.116. The SMILES string of the molecule is CCNS(=O)(=O)c1ccc(C(=O)N=c2ccccn2Cc2ccccc2)cc1. The highest BCUT2D eigenvalue weighted by Crippen LogP contribution is 2.11. The maximum atomic E-state index is 12.6. The highest BCUT2D eigenvalue weighted by Gasteiger charge is 2.13. The fourth-order valence-electron chi connectivity index (χ4n) is 2.70. The Hall–Kier alpha value is -3.03. The van der Waals surface area contributed by atoms with Crippen molar-refractivity contribution in [2.45, 2.75) is 18.4 Å². The summed E-state index contributed by atoms with van der Waals surface area (Å²) in [5, 5.41) is 0. The van der Waals surface area contributed by atoms with Crippen molar-refractivity contribution in [3.63, 3.8) is 0 Å². The number of rotatable bonds is 6. The number of amides is 1. The monoisotopic (exact) mass is 395 g/mol. The summed E-state index contributed by atoms with van der Waals surface area (Å²) in [5.41, 5.74) is 1.95. The van der Waals surface area contributed by atoms with E-state index in [4.69, 9.17) is 0 Å². The molecule has 1 amide bonds. The van der Waals surface area contributed by atoms with Gasteiger partial charge in [-0.1, -0.05) is 43.3 Å². The predicted molar refractivity (Wildman–Crippen MR) is 107 cm³/mol. The lowest BCUT2D eigenvalue weighted by Gasteiger charge is -2.07. The number of sulfonamides is 1. The number of pyridine rings is 1. The lowest BCUT2D eigenvalue weighted by molar-refractivity contribution is 0.0997. The lowest BCUT2D eigenvalue weighted by Crippen LogP contribution is -2.23. The van der Waals surface area contributed by atoms with Gasteiger partial charge in [-0.25, -0.2) is 13.1 Å². The number of benzene rings is 2. The predicted octanol–water partition coefficient (Wildman–Crippen LogP) is 2.58. The van der Waals surface area contributed by atoms with Gasteiger partial charge in [-0.15, -0.1) is 0 Å².